The van der Waals surface area contributed by atoms with Gasteiger partial charge < -0.3 is 15.2 Å². The lowest BCUT2D eigenvalue weighted by Crippen LogP contribution is -2.33. The molecule has 2 fully saturated rings. The summed E-state index contributed by atoms with van der Waals surface area (Å²) in [4.78, 5) is 0. The van der Waals surface area contributed by atoms with Crippen LogP contribution < -0.4 is 5.32 Å². The van der Waals surface area contributed by atoms with Crippen LogP contribution in [0.25, 0.3) is 0 Å². The van der Waals surface area contributed by atoms with Gasteiger partial charge in [0.1, 0.15) is 0 Å². The molecule has 1 saturated carbocycles. The highest BCUT2D eigenvalue weighted by Gasteiger charge is 2.41. The average Bonchev–Trinajstić information content (AvgIpc) is 3.00. The van der Waals surface area contributed by atoms with E-state index in [1.54, 1.807) is 0 Å². The zero-order valence-electron chi connectivity index (χ0n) is 9.50. The molecule has 3 heteroatoms. The van der Waals surface area contributed by atoms with Crippen LogP contribution in [0, 0.1) is 11.3 Å². The third-order valence-electron chi connectivity index (χ3n) is 3.79. The zero-order valence-corrected chi connectivity index (χ0v) is 9.50. The van der Waals surface area contributed by atoms with Crippen LogP contribution in [-0.4, -0.2) is 38.0 Å². The average molecular weight is 213 g/mol. The second-order valence-corrected chi connectivity index (χ2v) is 5.19. The van der Waals surface area contributed by atoms with Gasteiger partial charge in [-0.25, -0.2) is 0 Å². The Morgan fingerprint density at radius 2 is 2.27 bits per heavy atom. The molecule has 1 heterocycles. The first-order valence-corrected chi connectivity index (χ1v) is 6.24. The van der Waals surface area contributed by atoms with Crippen molar-refractivity contribution in [1.82, 2.24) is 5.32 Å². The van der Waals surface area contributed by atoms with E-state index in [1.807, 2.05) is 0 Å². The minimum Gasteiger partial charge on any atom is -0.396 e. The van der Waals surface area contributed by atoms with Crippen molar-refractivity contribution in [2.45, 2.75) is 32.1 Å². The fraction of sp³-hybridized carbons (Fsp3) is 1.00. The maximum atomic E-state index is 8.94. The summed E-state index contributed by atoms with van der Waals surface area (Å²) in [5.41, 5.74) is 0.449. The van der Waals surface area contributed by atoms with Gasteiger partial charge in [-0.3, -0.25) is 0 Å². The SMILES string of the molecule is OCCC1(CNCC2CCCOC2)CC1. The van der Waals surface area contributed by atoms with E-state index in [-0.39, 0.29) is 0 Å². The van der Waals surface area contributed by atoms with Gasteiger partial charge in [0.05, 0.1) is 6.61 Å². The second kappa shape index (κ2) is 5.28. The summed E-state index contributed by atoms with van der Waals surface area (Å²) in [6.45, 7) is 4.40. The molecule has 15 heavy (non-hydrogen) atoms. The summed E-state index contributed by atoms with van der Waals surface area (Å²) >= 11 is 0. The Morgan fingerprint density at radius 3 is 2.87 bits per heavy atom. The molecule has 0 amide bonds. The van der Waals surface area contributed by atoms with Gasteiger partial charge in [0.2, 0.25) is 0 Å². The van der Waals surface area contributed by atoms with Crippen LogP contribution in [-0.2, 0) is 4.74 Å². The molecule has 0 radical (unpaired) electrons. The molecule has 2 aliphatic rings. The first-order chi connectivity index (χ1) is 7.35. The summed E-state index contributed by atoms with van der Waals surface area (Å²) in [6, 6.07) is 0. The minimum absolute atomic E-state index is 0.341. The molecule has 2 N–H and O–H groups in total. The monoisotopic (exact) mass is 213 g/mol. The molecule has 1 aliphatic heterocycles. The van der Waals surface area contributed by atoms with Crippen molar-refractivity contribution < 1.29 is 9.84 Å². The summed E-state index contributed by atoms with van der Waals surface area (Å²) in [7, 11) is 0. The van der Waals surface area contributed by atoms with Crippen molar-refractivity contribution >= 4 is 0 Å². The van der Waals surface area contributed by atoms with Crippen molar-refractivity contribution in [3.8, 4) is 0 Å². The van der Waals surface area contributed by atoms with Crippen LogP contribution in [0.3, 0.4) is 0 Å². The van der Waals surface area contributed by atoms with E-state index in [4.69, 9.17) is 9.84 Å². The van der Waals surface area contributed by atoms with Crippen LogP contribution in [0.5, 0.6) is 0 Å². The lowest BCUT2D eigenvalue weighted by molar-refractivity contribution is 0.0542. The van der Waals surface area contributed by atoms with Crippen LogP contribution in [0.1, 0.15) is 32.1 Å². The molecule has 88 valence electrons. The number of aliphatic hydroxyl groups excluding tert-OH is 1. The number of hydrogen-bond acceptors (Lipinski definition) is 3. The normalized spacial score (nSPS) is 29.0. The zero-order chi connectivity index (χ0) is 10.6. The Morgan fingerprint density at radius 1 is 1.40 bits per heavy atom. The van der Waals surface area contributed by atoms with E-state index in [9.17, 15) is 0 Å². The summed E-state index contributed by atoms with van der Waals surface area (Å²) in [5, 5.41) is 12.5. The number of aliphatic hydroxyl groups is 1. The van der Waals surface area contributed by atoms with Crippen molar-refractivity contribution in [2.75, 3.05) is 32.9 Å². The molecular formula is C12H23NO2. The third kappa shape index (κ3) is 3.44. The van der Waals surface area contributed by atoms with Crippen molar-refractivity contribution in [2.24, 2.45) is 11.3 Å². The lowest BCUT2D eigenvalue weighted by atomic mass is 10.0. The predicted octanol–water partition coefficient (Wildman–Crippen LogP) is 1.17. The smallest absolute Gasteiger partial charge is 0.0506 e. The molecule has 0 bridgehead atoms. The molecule has 1 saturated heterocycles. The molecule has 0 aromatic heterocycles. The molecule has 0 aromatic carbocycles. The number of ether oxygens (including phenoxy) is 1. The van der Waals surface area contributed by atoms with Crippen LogP contribution in [0.2, 0.25) is 0 Å². The Labute approximate surface area is 92.2 Å². The fourth-order valence-electron chi connectivity index (χ4n) is 2.44. The highest BCUT2D eigenvalue weighted by atomic mass is 16.5. The van der Waals surface area contributed by atoms with Crippen LogP contribution in [0.15, 0.2) is 0 Å². The van der Waals surface area contributed by atoms with Crippen molar-refractivity contribution in [1.29, 1.82) is 0 Å². The molecular weight excluding hydrogens is 190 g/mol. The minimum atomic E-state index is 0.341. The first-order valence-electron chi connectivity index (χ1n) is 6.24. The van der Waals surface area contributed by atoms with Crippen LogP contribution >= 0.6 is 0 Å². The quantitative estimate of drug-likeness (QED) is 0.696. The Bertz CT molecular complexity index is 186. The number of hydrogen-bond donors (Lipinski definition) is 2. The maximum Gasteiger partial charge on any atom is 0.0506 e. The number of rotatable bonds is 6. The second-order valence-electron chi connectivity index (χ2n) is 5.19. The summed E-state index contributed by atoms with van der Waals surface area (Å²) in [6.07, 6.45) is 6.08. The topological polar surface area (TPSA) is 41.5 Å². The van der Waals surface area contributed by atoms with Gasteiger partial charge in [0.25, 0.3) is 0 Å². The molecule has 1 unspecified atom stereocenters. The standard InChI is InChI=1S/C12H23NO2/c14-6-5-12(3-4-12)10-13-8-11-2-1-7-15-9-11/h11,13-14H,1-10H2. The van der Waals surface area contributed by atoms with Gasteiger partial charge in [-0.2, -0.15) is 0 Å². The van der Waals surface area contributed by atoms with E-state index in [2.05, 4.69) is 5.32 Å². The fourth-order valence-corrected chi connectivity index (χ4v) is 2.44. The van der Waals surface area contributed by atoms with Gasteiger partial charge >= 0.3 is 0 Å². The van der Waals surface area contributed by atoms with E-state index in [1.165, 1.54) is 25.7 Å². The molecule has 0 aromatic rings. The highest BCUT2D eigenvalue weighted by Crippen LogP contribution is 2.47. The Balaban J connectivity index is 1.58. The van der Waals surface area contributed by atoms with Gasteiger partial charge in [0.15, 0.2) is 0 Å². The van der Waals surface area contributed by atoms with E-state index >= 15 is 0 Å². The lowest BCUT2D eigenvalue weighted by Gasteiger charge is -2.23. The largest absolute Gasteiger partial charge is 0.396 e. The van der Waals surface area contributed by atoms with E-state index in [0.29, 0.717) is 17.9 Å². The van der Waals surface area contributed by atoms with Gasteiger partial charge in [-0.15, -0.1) is 0 Å². The van der Waals surface area contributed by atoms with Gasteiger partial charge in [-0.1, -0.05) is 0 Å². The summed E-state index contributed by atoms with van der Waals surface area (Å²) in [5.74, 6) is 0.712. The van der Waals surface area contributed by atoms with Crippen molar-refractivity contribution in [3.63, 3.8) is 0 Å². The molecule has 0 spiro atoms. The van der Waals surface area contributed by atoms with E-state index in [0.717, 1.165) is 32.7 Å². The Kier molecular flexibility index (Phi) is 4.00. The summed E-state index contributed by atoms with van der Waals surface area (Å²) < 4.78 is 5.45. The van der Waals surface area contributed by atoms with Gasteiger partial charge in [0, 0.05) is 26.3 Å². The number of nitrogens with one attached hydrogen (secondary N) is 1. The first kappa shape index (κ1) is 11.4. The Hall–Kier alpha value is -0.120. The third-order valence-corrected chi connectivity index (χ3v) is 3.79. The van der Waals surface area contributed by atoms with Crippen LogP contribution in [0.4, 0.5) is 0 Å². The van der Waals surface area contributed by atoms with Crippen molar-refractivity contribution in [3.05, 3.63) is 0 Å². The van der Waals surface area contributed by atoms with Gasteiger partial charge in [-0.05, 0) is 43.4 Å². The predicted molar refractivity (Wildman–Crippen MR) is 59.8 cm³/mol. The molecule has 2 rings (SSSR count). The van der Waals surface area contributed by atoms with E-state index < -0.39 is 0 Å². The highest BCUT2D eigenvalue weighted by molar-refractivity contribution is 4.94. The maximum absolute atomic E-state index is 8.94. The molecule has 1 aliphatic carbocycles. The molecule has 3 nitrogen and oxygen atoms in total. The molecule has 1 atom stereocenters.